The molecule has 0 fully saturated rings. The van der Waals surface area contributed by atoms with Crippen molar-refractivity contribution < 1.29 is 18.8 Å². The minimum atomic E-state index is -0.599. The molecule has 0 spiro atoms. The molecule has 3 amide bonds. The first-order chi connectivity index (χ1) is 21.3. The van der Waals surface area contributed by atoms with E-state index in [1.807, 2.05) is 12.1 Å². The van der Waals surface area contributed by atoms with E-state index in [2.05, 4.69) is 20.6 Å². The summed E-state index contributed by atoms with van der Waals surface area (Å²) in [6.45, 7) is 0.101. The summed E-state index contributed by atoms with van der Waals surface area (Å²) in [4.78, 5) is 45.4. The Morgan fingerprint density at radius 1 is 0.864 bits per heavy atom. The molecule has 2 heterocycles. The molecule has 0 aliphatic carbocycles. The number of H-pyrrole nitrogens is 1. The molecular formula is C34H27FN6O3. The number of halogens is 1. The molecule has 0 bridgehead atoms. The van der Waals surface area contributed by atoms with Gasteiger partial charge in [0.1, 0.15) is 5.82 Å². The van der Waals surface area contributed by atoms with Crippen molar-refractivity contribution in [3.8, 4) is 11.1 Å². The Morgan fingerprint density at radius 2 is 1.64 bits per heavy atom. The molecule has 218 valence electrons. The summed E-state index contributed by atoms with van der Waals surface area (Å²) in [7, 11) is 0. The number of hydrogen-bond donors (Lipinski definition) is 5. The lowest BCUT2D eigenvalue weighted by Crippen LogP contribution is -2.15. The van der Waals surface area contributed by atoms with Gasteiger partial charge < -0.3 is 27.1 Å². The summed E-state index contributed by atoms with van der Waals surface area (Å²) in [5.74, 6) is -1.62. The Labute approximate surface area is 251 Å². The molecule has 0 aliphatic rings. The number of nitrogens with two attached hydrogens (primary N) is 2. The van der Waals surface area contributed by atoms with Gasteiger partial charge in [0.25, 0.3) is 11.8 Å². The van der Waals surface area contributed by atoms with Crippen LogP contribution in [0, 0.1) is 5.82 Å². The number of benzene rings is 4. The molecule has 44 heavy (non-hydrogen) atoms. The molecule has 6 aromatic rings. The second-order valence-electron chi connectivity index (χ2n) is 10.2. The van der Waals surface area contributed by atoms with Gasteiger partial charge in [0, 0.05) is 52.2 Å². The predicted molar refractivity (Wildman–Crippen MR) is 169 cm³/mol. The summed E-state index contributed by atoms with van der Waals surface area (Å²) < 4.78 is 13.4. The van der Waals surface area contributed by atoms with Gasteiger partial charge in [-0.2, -0.15) is 0 Å². The van der Waals surface area contributed by atoms with Gasteiger partial charge in [-0.1, -0.05) is 24.3 Å². The van der Waals surface area contributed by atoms with Crippen molar-refractivity contribution in [2.75, 3.05) is 10.6 Å². The van der Waals surface area contributed by atoms with Gasteiger partial charge in [0.15, 0.2) is 0 Å². The summed E-state index contributed by atoms with van der Waals surface area (Å²) in [5, 5.41) is 7.35. The Kier molecular flexibility index (Phi) is 7.57. The van der Waals surface area contributed by atoms with Crippen LogP contribution >= 0.6 is 0 Å². The molecule has 10 heteroatoms. The number of carbonyl (C=O) groups is 3. The summed E-state index contributed by atoms with van der Waals surface area (Å²) in [6.07, 6.45) is 3.47. The van der Waals surface area contributed by atoms with Crippen LogP contribution in [0.4, 0.5) is 15.8 Å². The average Bonchev–Trinajstić information content (AvgIpc) is 3.40. The Hall–Kier alpha value is -5.87. The van der Waals surface area contributed by atoms with Crippen LogP contribution in [0.5, 0.6) is 0 Å². The van der Waals surface area contributed by atoms with Crippen molar-refractivity contribution in [1.29, 1.82) is 0 Å². The van der Waals surface area contributed by atoms with E-state index in [-0.39, 0.29) is 18.9 Å². The number of carbonyl (C=O) groups excluding carboxylic acids is 3. The monoisotopic (exact) mass is 586 g/mol. The lowest BCUT2D eigenvalue weighted by atomic mass is 9.92. The number of fused-ring (bicyclic) bond motifs is 3. The quantitative estimate of drug-likeness (QED) is 0.159. The van der Waals surface area contributed by atoms with Crippen molar-refractivity contribution in [3.63, 3.8) is 0 Å². The highest BCUT2D eigenvalue weighted by Gasteiger charge is 2.20. The van der Waals surface area contributed by atoms with E-state index in [9.17, 15) is 18.8 Å². The average molecular weight is 587 g/mol. The highest BCUT2D eigenvalue weighted by Crippen LogP contribution is 2.40. The molecular weight excluding hydrogens is 559 g/mol. The molecule has 0 saturated carbocycles. The zero-order valence-electron chi connectivity index (χ0n) is 23.4. The van der Waals surface area contributed by atoms with Crippen molar-refractivity contribution >= 4 is 50.9 Å². The van der Waals surface area contributed by atoms with Crippen molar-refractivity contribution in [1.82, 2.24) is 9.97 Å². The van der Waals surface area contributed by atoms with Gasteiger partial charge in [-0.25, -0.2) is 4.39 Å². The number of amides is 3. The number of nitrogens with one attached hydrogen (secondary N) is 3. The third-order valence-electron chi connectivity index (χ3n) is 7.44. The van der Waals surface area contributed by atoms with Crippen LogP contribution in [0.15, 0.2) is 97.3 Å². The number of rotatable bonds is 8. The van der Waals surface area contributed by atoms with Gasteiger partial charge in [0.05, 0.1) is 17.5 Å². The fraction of sp³-hybridized carbons (Fsp3) is 0.0588. The number of hydrogen-bond acceptors (Lipinski definition) is 5. The Morgan fingerprint density at radius 3 is 2.36 bits per heavy atom. The maximum Gasteiger partial charge on any atom is 0.255 e. The molecule has 2 aromatic heterocycles. The van der Waals surface area contributed by atoms with E-state index in [4.69, 9.17) is 11.5 Å². The van der Waals surface area contributed by atoms with Gasteiger partial charge >= 0.3 is 0 Å². The van der Waals surface area contributed by atoms with Gasteiger partial charge in [-0.15, -0.1) is 0 Å². The summed E-state index contributed by atoms with van der Waals surface area (Å²) in [5.41, 5.74) is 17.9. The van der Waals surface area contributed by atoms with E-state index < -0.39 is 17.6 Å². The minimum Gasteiger partial charge on any atom is -0.366 e. The predicted octanol–water partition coefficient (Wildman–Crippen LogP) is 5.51. The third kappa shape index (κ3) is 5.49. The van der Waals surface area contributed by atoms with Gasteiger partial charge in [0.2, 0.25) is 5.91 Å². The van der Waals surface area contributed by atoms with Crippen LogP contribution in [0.25, 0.3) is 32.9 Å². The fourth-order valence-electron chi connectivity index (χ4n) is 5.38. The fourth-order valence-corrected chi connectivity index (χ4v) is 5.38. The topological polar surface area (TPSA) is 156 Å². The van der Waals surface area contributed by atoms with E-state index in [1.54, 1.807) is 60.9 Å². The van der Waals surface area contributed by atoms with Crippen LogP contribution in [-0.4, -0.2) is 27.7 Å². The molecule has 4 aromatic carbocycles. The molecule has 0 aliphatic heterocycles. The van der Waals surface area contributed by atoms with Gasteiger partial charge in [-0.05, 0) is 82.9 Å². The standard InChI is InChI=1S/C34H27FN6O3/c35-21-6-4-20(5-7-21)34(44)41-28-3-1-2-23(27(28)18-36)24-10-11-26(33(37)43)32-31(24)25-9-8-22(17-29(25)40-32)39-30(42)16-19-12-14-38-15-13-19/h1-15,17,40H,16,18,36H2,(H2,37,43)(H,39,42)(H,41,44). The highest BCUT2D eigenvalue weighted by molar-refractivity contribution is 6.20. The minimum absolute atomic E-state index is 0.101. The van der Waals surface area contributed by atoms with Crippen LogP contribution in [0.1, 0.15) is 31.8 Å². The maximum atomic E-state index is 13.4. The number of pyridine rings is 1. The van der Waals surface area contributed by atoms with Crippen LogP contribution < -0.4 is 22.1 Å². The summed E-state index contributed by atoms with van der Waals surface area (Å²) in [6, 6.07) is 23.2. The first kappa shape index (κ1) is 28.3. The molecule has 0 unspecified atom stereocenters. The van der Waals surface area contributed by atoms with Crippen LogP contribution in [0.2, 0.25) is 0 Å². The maximum absolute atomic E-state index is 13.4. The lowest BCUT2D eigenvalue weighted by molar-refractivity contribution is -0.115. The van der Waals surface area contributed by atoms with E-state index in [0.29, 0.717) is 39.1 Å². The lowest BCUT2D eigenvalue weighted by Gasteiger charge is -2.16. The number of primary amides is 1. The highest BCUT2D eigenvalue weighted by atomic mass is 19.1. The van der Waals surface area contributed by atoms with Crippen molar-refractivity contribution in [3.05, 3.63) is 125 Å². The largest absolute Gasteiger partial charge is 0.366 e. The van der Waals surface area contributed by atoms with Crippen LogP contribution in [0.3, 0.4) is 0 Å². The number of anilines is 2. The number of aromatic amines is 1. The zero-order chi connectivity index (χ0) is 30.8. The van der Waals surface area contributed by atoms with Crippen LogP contribution in [-0.2, 0) is 17.8 Å². The number of nitrogens with zero attached hydrogens (tertiary/aromatic N) is 1. The van der Waals surface area contributed by atoms with Crippen molar-refractivity contribution in [2.45, 2.75) is 13.0 Å². The van der Waals surface area contributed by atoms with Crippen molar-refractivity contribution in [2.24, 2.45) is 11.5 Å². The number of aromatic nitrogens is 2. The van der Waals surface area contributed by atoms with Gasteiger partial charge in [-0.3, -0.25) is 19.4 Å². The second kappa shape index (κ2) is 11.8. The van der Waals surface area contributed by atoms with E-state index >= 15 is 0 Å². The Bertz CT molecular complexity index is 2060. The normalized spacial score (nSPS) is 11.0. The molecule has 0 radical (unpaired) electrons. The smallest absolute Gasteiger partial charge is 0.255 e. The molecule has 0 saturated heterocycles. The molecule has 7 N–H and O–H groups in total. The first-order valence-electron chi connectivity index (χ1n) is 13.8. The first-order valence-corrected chi connectivity index (χ1v) is 13.8. The molecule has 0 atom stereocenters. The third-order valence-corrected chi connectivity index (χ3v) is 7.44. The van der Waals surface area contributed by atoms with E-state index in [0.717, 1.165) is 27.5 Å². The summed E-state index contributed by atoms with van der Waals surface area (Å²) >= 11 is 0. The molecule has 9 nitrogen and oxygen atoms in total. The zero-order valence-corrected chi connectivity index (χ0v) is 23.4. The second-order valence-corrected chi connectivity index (χ2v) is 10.2. The van der Waals surface area contributed by atoms with E-state index in [1.165, 1.54) is 24.3 Å². The Balaban J connectivity index is 1.41. The SMILES string of the molecule is NCc1c(NC(=O)c2ccc(F)cc2)cccc1-c1ccc(C(N)=O)c2[nH]c3cc(NC(=O)Cc4ccncc4)ccc3c12. The molecule has 6 rings (SSSR count).